The van der Waals surface area contributed by atoms with E-state index >= 15 is 0 Å². The van der Waals surface area contributed by atoms with Gasteiger partial charge in [-0.3, -0.25) is 4.90 Å². The van der Waals surface area contributed by atoms with Crippen molar-refractivity contribution in [3.05, 3.63) is 29.8 Å². The second-order valence-electron chi connectivity index (χ2n) is 4.98. The van der Waals surface area contributed by atoms with Crippen LogP contribution < -0.4 is 5.73 Å². The monoisotopic (exact) mass is 250 g/mol. The van der Waals surface area contributed by atoms with E-state index in [1.54, 1.807) is 0 Å². The predicted molar refractivity (Wildman–Crippen MR) is 72.3 cm³/mol. The third-order valence-corrected chi connectivity index (χ3v) is 3.26. The Labute approximate surface area is 108 Å². The molecule has 0 amide bonds. The maximum absolute atomic E-state index is 10.2. The van der Waals surface area contributed by atoms with Crippen LogP contribution in [0.25, 0.3) is 0 Å². The molecule has 0 bridgehead atoms. The molecule has 1 saturated heterocycles. The van der Waals surface area contributed by atoms with Crippen LogP contribution in [0.2, 0.25) is 0 Å². The van der Waals surface area contributed by atoms with Crippen LogP contribution in [0.5, 0.6) is 0 Å². The lowest BCUT2D eigenvalue weighted by molar-refractivity contribution is 0.0562. The van der Waals surface area contributed by atoms with E-state index in [0.29, 0.717) is 12.2 Å². The molecule has 18 heavy (non-hydrogen) atoms. The number of nitrogens with two attached hydrogens (primary N) is 1. The van der Waals surface area contributed by atoms with Gasteiger partial charge in [0.2, 0.25) is 0 Å². The molecule has 0 saturated carbocycles. The summed E-state index contributed by atoms with van der Waals surface area (Å²) in [5.41, 5.74) is 7.31. The van der Waals surface area contributed by atoms with Gasteiger partial charge in [-0.1, -0.05) is 12.1 Å². The topological polar surface area (TPSA) is 58.7 Å². The third-order valence-electron chi connectivity index (χ3n) is 3.26. The molecule has 1 aliphatic heterocycles. The zero-order chi connectivity index (χ0) is 13.0. The number of benzene rings is 1. The highest BCUT2D eigenvalue weighted by Gasteiger charge is 2.18. The number of β-amino-alcohol motifs (C(OH)–C–C–N with tert-alkyl or cyclic N) is 1. The van der Waals surface area contributed by atoms with Crippen LogP contribution in [0.4, 0.5) is 5.69 Å². The number of aliphatic hydroxyl groups excluding tert-OH is 1. The molecule has 1 aliphatic rings. The third kappa shape index (κ3) is 3.70. The number of rotatable bonds is 3. The molecular weight excluding hydrogens is 228 g/mol. The first-order valence-electron chi connectivity index (χ1n) is 6.52. The van der Waals surface area contributed by atoms with Crippen molar-refractivity contribution in [2.75, 3.05) is 32.0 Å². The first-order valence-corrected chi connectivity index (χ1v) is 6.52. The van der Waals surface area contributed by atoms with Crippen LogP contribution in [0.3, 0.4) is 0 Å². The first-order chi connectivity index (χ1) is 8.65. The molecule has 0 spiro atoms. The maximum atomic E-state index is 10.2. The molecule has 3 N–H and O–H groups in total. The van der Waals surface area contributed by atoms with Crippen molar-refractivity contribution in [1.82, 2.24) is 4.90 Å². The molecule has 4 heteroatoms. The van der Waals surface area contributed by atoms with Crippen molar-refractivity contribution in [2.45, 2.75) is 25.6 Å². The smallest absolute Gasteiger partial charge is 0.0917 e. The maximum Gasteiger partial charge on any atom is 0.0917 e. The summed E-state index contributed by atoms with van der Waals surface area (Å²) < 4.78 is 5.60. The van der Waals surface area contributed by atoms with Gasteiger partial charge in [0.05, 0.1) is 12.2 Å². The standard InChI is InChI=1S/C14H22N2O2/c1-11-9-16(6-3-7-18-11)10-14(17)12-4-2-5-13(15)8-12/h2,4-5,8,11,14,17H,3,6-7,9-10,15H2,1H3. The van der Waals surface area contributed by atoms with E-state index in [2.05, 4.69) is 11.8 Å². The van der Waals surface area contributed by atoms with Crippen LogP contribution in [0, 0.1) is 0 Å². The van der Waals surface area contributed by atoms with Crippen molar-refractivity contribution >= 4 is 5.69 Å². The van der Waals surface area contributed by atoms with Gasteiger partial charge in [-0.15, -0.1) is 0 Å². The van der Waals surface area contributed by atoms with Crippen LogP contribution >= 0.6 is 0 Å². The molecule has 2 unspecified atom stereocenters. The number of aliphatic hydroxyl groups is 1. The predicted octanol–water partition coefficient (Wildman–Crippen LogP) is 1.41. The minimum Gasteiger partial charge on any atom is -0.399 e. The van der Waals surface area contributed by atoms with Crippen LogP contribution in [-0.4, -0.2) is 42.4 Å². The lowest BCUT2D eigenvalue weighted by Gasteiger charge is -2.24. The van der Waals surface area contributed by atoms with Gasteiger partial charge < -0.3 is 15.6 Å². The Morgan fingerprint density at radius 1 is 1.56 bits per heavy atom. The highest BCUT2D eigenvalue weighted by Crippen LogP contribution is 2.18. The highest BCUT2D eigenvalue weighted by molar-refractivity contribution is 5.41. The fourth-order valence-corrected chi connectivity index (χ4v) is 2.36. The average molecular weight is 250 g/mol. The average Bonchev–Trinajstić information content (AvgIpc) is 2.53. The number of nitrogen functional groups attached to an aromatic ring is 1. The SMILES string of the molecule is CC1CN(CC(O)c2cccc(N)c2)CCCO1. The summed E-state index contributed by atoms with van der Waals surface area (Å²) in [6.07, 6.45) is 0.771. The van der Waals surface area contributed by atoms with E-state index in [0.717, 1.165) is 31.7 Å². The second kappa shape index (κ2) is 6.18. The number of ether oxygens (including phenoxy) is 1. The lowest BCUT2D eigenvalue weighted by atomic mass is 10.1. The van der Waals surface area contributed by atoms with Crippen LogP contribution in [0.1, 0.15) is 25.0 Å². The molecule has 1 aromatic rings. The summed E-state index contributed by atoms with van der Waals surface area (Å²) >= 11 is 0. The van der Waals surface area contributed by atoms with Gasteiger partial charge in [0.15, 0.2) is 0 Å². The summed E-state index contributed by atoms with van der Waals surface area (Å²) in [6.45, 7) is 5.37. The molecule has 2 rings (SSSR count). The van der Waals surface area contributed by atoms with Crippen molar-refractivity contribution in [1.29, 1.82) is 0 Å². The largest absolute Gasteiger partial charge is 0.399 e. The molecule has 0 radical (unpaired) electrons. The molecule has 1 fully saturated rings. The highest BCUT2D eigenvalue weighted by atomic mass is 16.5. The summed E-state index contributed by atoms with van der Waals surface area (Å²) in [6, 6.07) is 7.46. The van der Waals surface area contributed by atoms with Gasteiger partial charge in [0, 0.05) is 31.9 Å². The van der Waals surface area contributed by atoms with Crippen molar-refractivity contribution in [3.8, 4) is 0 Å². The number of hydrogen-bond acceptors (Lipinski definition) is 4. The number of hydrogen-bond donors (Lipinski definition) is 2. The zero-order valence-electron chi connectivity index (χ0n) is 10.9. The van der Waals surface area contributed by atoms with Crippen LogP contribution in [-0.2, 0) is 4.74 Å². The normalized spacial score (nSPS) is 23.6. The van der Waals surface area contributed by atoms with Gasteiger partial charge >= 0.3 is 0 Å². The van der Waals surface area contributed by atoms with E-state index in [1.165, 1.54) is 0 Å². The summed E-state index contributed by atoms with van der Waals surface area (Å²) in [7, 11) is 0. The molecule has 4 nitrogen and oxygen atoms in total. The van der Waals surface area contributed by atoms with Gasteiger partial charge in [0.25, 0.3) is 0 Å². The fraction of sp³-hybridized carbons (Fsp3) is 0.571. The molecule has 1 aromatic carbocycles. The van der Waals surface area contributed by atoms with Gasteiger partial charge in [-0.2, -0.15) is 0 Å². The Morgan fingerprint density at radius 3 is 3.17 bits per heavy atom. The Morgan fingerprint density at radius 2 is 2.39 bits per heavy atom. The summed E-state index contributed by atoms with van der Waals surface area (Å²) in [5, 5.41) is 10.2. The molecule has 2 atom stereocenters. The minimum absolute atomic E-state index is 0.237. The van der Waals surface area contributed by atoms with Crippen molar-refractivity contribution < 1.29 is 9.84 Å². The fourth-order valence-electron chi connectivity index (χ4n) is 2.36. The van der Waals surface area contributed by atoms with E-state index < -0.39 is 6.10 Å². The molecule has 0 aliphatic carbocycles. The zero-order valence-corrected chi connectivity index (χ0v) is 10.9. The van der Waals surface area contributed by atoms with Crippen LogP contribution in [0.15, 0.2) is 24.3 Å². The van der Waals surface area contributed by atoms with Gasteiger partial charge in [0.1, 0.15) is 0 Å². The number of nitrogens with zero attached hydrogens (tertiary/aromatic N) is 1. The van der Waals surface area contributed by atoms with E-state index in [-0.39, 0.29) is 6.10 Å². The summed E-state index contributed by atoms with van der Waals surface area (Å²) in [5.74, 6) is 0. The van der Waals surface area contributed by atoms with Gasteiger partial charge in [-0.05, 0) is 31.0 Å². The second-order valence-corrected chi connectivity index (χ2v) is 4.98. The number of anilines is 1. The Bertz CT molecular complexity index is 384. The molecule has 100 valence electrons. The molecular formula is C14H22N2O2. The van der Waals surface area contributed by atoms with E-state index in [9.17, 15) is 5.11 Å². The molecule has 1 heterocycles. The van der Waals surface area contributed by atoms with Crippen molar-refractivity contribution in [3.63, 3.8) is 0 Å². The van der Waals surface area contributed by atoms with Gasteiger partial charge in [-0.25, -0.2) is 0 Å². The summed E-state index contributed by atoms with van der Waals surface area (Å²) in [4.78, 5) is 2.26. The van der Waals surface area contributed by atoms with E-state index in [4.69, 9.17) is 10.5 Å². The Balaban J connectivity index is 1.95. The Hall–Kier alpha value is -1.10. The van der Waals surface area contributed by atoms with Crippen molar-refractivity contribution in [2.24, 2.45) is 0 Å². The molecule has 0 aromatic heterocycles. The lowest BCUT2D eigenvalue weighted by Crippen LogP contribution is -2.33. The van der Waals surface area contributed by atoms with E-state index in [1.807, 2.05) is 24.3 Å². The Kier molecular flexibility index (Phi) is 4.58. The minimum atomic E-state index is -0.487. The quantitative estimate of drug-likeness (QED) is 0.796. The first kappa shape index (κ1) is 13.3.